The first-order chi connectivity index (χ1) is 16.1. The summed E-state index contributed by atoms with van der Waals surface area (Å²) in [6.07, 6.45) is 1.72. The van der Waals surface area contributed by atoms with Gasteiger partial charge in [0.05, 0.1) is 16.6 Å². The smallest absolute Gasteiger partial charge is 0.262 e. The van der Waals surface area contributed by atoms with E-state index in [1.165, 1.54) is 24.3 Å². The van der Waals surface area contributed by atoms with E-state index >= 15 is 0 Å². The Morgan fingerprint density at radius 3 is 2.33 bits per heavy atom. The molecule has 0 aliphatic heterocycles. The molecule has 0 bridgehead atoms. The van der Waals surface area contributed by atoms with Crippen molar-refractivity contribution >= 4 is 10.9 Å². The molecule has 33 heavy (non-hydrogen) atoms. The van der Waals surface area contributed by atoms with E-state index in [0.717, 1.165) is 11.3 Å². The minimum absolute atomic E-state index is 0.193. The molecule has 0 aliphatic rings. The minimum Gasteiger partial charge on any atom is -0.457 e. The van der Waals surface area contributed by atoms with E-state index in [-0.39, 0.29) is 11.4 Å². The van der Waals surface area contributed by atoms with Crippen LogP contribution in [0.1, 0.15) is 23.1 Å². The second-order valence-corrected chi connectivity index (χ2v) is 7.64. The Morgan fingerprint density at radius 2 is 1.61 bits per heavy atom. The van der Waals surface area contributed by atoms with E-state index in [2.05, 4.69) is 4.98 Å². The summed E-state index contributed by atoms with van der Waals surface area (Å²) in [4.78, 5) is 23.0. The topological polar surface area (TPSA) is 57.0 Å². The molecule has 0 radical (unpaired) electrons. The van der Waals surface area contributed by atoms with Gasteiger partial charge >= 0.3 is 0 Å². The van der Waals surface area contributed by atoms with Crippen molar-refractivity contribution < 1.29 is 9.13 Å². The number of nitrogens with zero attached hydrogens (tertiary/aromatic N) is 3. The predicted octanol–water partition coefficient (Wildman–Crippen LogP) is 5.67. The van der Waals surface area contributed by atoms with Crippen LogP contribution in [0.3, 0.4) is 0 Å². The van der Waals surface area contributed by atoms with Gasteiger partial charge in [-0.1, -0.05) is 36.4 Å². The second-order valence-electron chi connectivity index (χ2n) is 7.64. The summed E-state index contributed by atoms with van der Waals surface area (Å²) in [5, 5.41) is 0.428. The summed E-state index contributed by atoms with van der Waals surface area (Å²) < 4.78 is 20.7. The van der Waals surface area contributed by atoms with Crippen LogP contribution in [0.25, 0.3) is 10.9 Å². The van der Waals surface area contributed by atoms with Crippen LogP contribution in [0.2, 0.25) is 0 Å². The third-order valence-electron chi connectivity index (χ3n) is 5.44. The zero-order valence-corrected chi connectivity index (χ0v) is 17.9. The molecule has 162 valence electrons. The number of rotatable bonds is 5. The van der Waals surface area contributed by atoms with E-state index < -0.39 is 6.04 Å². The molecule has 1 unspecified atom stereocenters. The Hall–Kier alpha value is -4.32. The van der Waals surface area contributed by atoms with Crippen LogP contribution in [0.15, 0.2) is 102 Å². The zero-order valence-electron chi connectivity index (χ0n) is 17.9. The molecule has 0 amide bonds. The second kappa shape index (κ2) is 8.67. The molecular formula is C27H20FN3O2. The summed E-state index contributed by atoms with van der Waals surface area (Å²) in [5.41, 5.74) is 2.06. The fraction of sp³-hybridized carbons (Fsp3) is 0.0741. The Balaban J connectivity index is 1.66. The number of aryl methyl sites for hydroxylation is 1. The van der Waals surface area contributed by atoms with Crippen molar-refractivity contribution in [2.24, 2.45) is 0 Å². The molecule has 2 aromatic heterocycles. The highest BCUT2D eigenvalue weighted by Crippen LogP contribution is 2.28. The first-order valence-electron chi connectivity index (χ1n) is 10.5. The molecule has 0 N–H and O–H groups in total. The van der Waals surface area contributed by atoms with E-state index in [9.17, 15) is 9.18 Å². The first kappa shape index (κ1) is 20.6. The highest BCUT2D eigenvalue weighted by atomic mass is 19.1. The van der Waals surface area contributed by atoms with E-state index in [1.54, 1.807) is 29.0 Å². The van der Waals surface area contributed by atoms with Crippen LogP contribution in [0, 0.1) is 12.7 Å². The van der Waals surface area contributed by atoms with Gasteiger partial charge in [-0.3, -0.25) is 14.3 Å². The van der Waals surface area contributed by atoms with Gasteiger partial charge in [0.25, 0.3) is 5.56 Å². The largest absolute Gasteiger partial charge is 0.457 e. The fourth-order valence-electron chi connectivity index (χ4n) is 3.92. The lowest BCUT2D eigenvalue weighted by Gasteiger charge is -2.22. The average Bonchev–Trinajstić information content (AvgIpc) is 2.85. The molecule has 0 saturated carbocycles. The van der Waals surface area contributed by atoms with Crippen LogP contribution in [0.5, 0.6) is 11.5 Å². The standard InChI is InChI=1S/C27H20FN3O2/c1-18-30-24-15-14-22(33-21-12-10-20(28)11-13-21)17-23(24)27(32)31(18)26(19-7-3-2-4-8-19)25-9-5-6-16-29-25/h2-17,26H,1H3. The number of fused-ring (bicyclic) bond motifs is 1. The number of aromatic nitrogens is 3. The SMILES string of the molecule is Cc1nc2ccc(Oc3ccc(F)cc3)cc2c(=O)n1C(c1ccccc1)c1ccccn1. The fourth-order valence-corrected chi connectivity index (χ4v) is 3.92. The van der Waals surface area contributed by atoms with Gasteiger partial charge in [0.15, 0.2) is 0 Å². The molecule has 5 aromatic rings. The first-order valence-corrected chi connectivity index (χ1v) is 10.5. The molecule has 0 saturated heterocycles. The minimum atomic E-state index is -0.432. The monoisotopic (exact) mass is 437 g/mol. The number of ether oxygens (including phenoxy) is 1. The number of benzene rings is 3. The van der Waals surface area contributed by atoms with Gasteiger partial charge in [0.2, 0.25) is 0 Å². The van der Waals surface area contributed by atoms with Crippen molar-refractivity contribution in [3.05, 3.63) is 130 Å². The van der Waals surface area contributed by atoms with E-state index in [4.69, 9.17) is 9.72 Å². The molecule has 0 spiro atoms. The zero-order chi connectivity index (χ0) is 22.8. The third-order valence-corrected chi connectivity index (χ3v) is 5.44. The maximum atomic E-state index is 13.8. The average molecular weight is 437 g/mol. The van der Waals surface area contributed by atoms with Crippen molar-refractivity contribution in [3.8, 4) is 11.5 Å². The van der Waals surface area contributed by atoms with Gasteiger partial charge in [0, 0.05) is 6.20 Å². The maximum Gasteiger partial charge on any atom is 0.262 e. The number of halogens is 1. The Kier molecular flexibility index (Phi) is 5.40. The molecule has 6 heteroatoms. The summed E-state index contributed by atoms with van der Waals surface area (Å²) in [6, 6.07) is 25.9. The molecule has 5 rings (SSSR count). The van der Waals surface area contributed by atoms with Crippen LogP contribution < -0.4 is 10.3 Å². The van der Waals surface area contributed by atoms with Gasteiger partial charge in [-0.25, -0.2) is 9.37 Å². The highest BCUT2D eigenvalue weighted by molar-refractivity contribution is 5.79. The van der Waals surface area contributed by atoms with E-state index in [0.29, 0.717) is 28.2 Å². The molecule has 3 aromatic carbocycles. The lowest BCUT2D eigenvalue weighted by Crippen LogP contribution is -2.30. The third kappa shape index (κ3) is 4.11. The summed E-state index contributed by atoms with van der Waals surface area (Å²) in [5.74, 6) is 1.19. The number of pyridine rings is 1. The summed E-state index contributed by atoms with van der Waals surface area (Å²) in [7, 11) is 0. The van der Waals surface area contributed by atoms with Gasteiger partial charge in [0.1, 0.15) is 29.2 Å². The lowest BCUT2D eigenvalue weighted by molar-refractivity contribution is 0.481. The normalized spacial score (nSPS) is 11.9. The van der Waals surface area contributed by atoms with Crippen molar-refractivity contribution in [3.63, 3.8) is 0 Å². The number of hydrogen-bond acceptors (Lipinski definition) is 4. The lowest BCUT2D eigenvalue weighted by atomic mass is 10.0. The molecule has 0 fully saturated rings. The van der Waals surface area contributed by atoms with E-state index in [1.807, 2.05) is 55.5 Å². The van der Waals surface area contributed by atoms with Crippen LogP contribution in [-0.2, 0) is 0 Å². The van der Waals surface area contributed by atoms with Crippen LogP contribution in [-0.4, -0.2) is 14.5 Å². The molecule has 1 atom stereocenters. The Morgan fingerprint density at radius 1 is 0.879 bits per heavy atom. The molecule has 2 heterocycles. The van der Waals surface area contributed by atoms with Crippen molar-refractivity contribution in [2.75, 3.05) is 0 Å². The van der Waals surface area contributed by atoms with Crippen LogP contribution in [0.4, 0.5) is 4.39 Å². The summed E-state index contributed by atoms with van der Waals surface area (Å²) in [6.45, 7) is 1.82. The Bertz CT molecular complexity index is 1430. The molecule has 0 aliphatic carbocycles. The van der Waals surface area contributed by atoms with Crippen molar-refractivity contribution in [1.29, 1.82) is 0 Å². The molecular weight excluding hydrogens is 417 g/mol. The van der Waals surface area contributed by atoms with Crippen LogP contribution >= 0.6 is 0 Å². The Labute approximate surface area is 189 Å². The molecule has 5 nitrogen and oxygen atoms in total. The highest BCUT2D eigenvalue weighted by Gasteiger charge is 2.22. The van der Waals surface area contributed by atoms with Gasteiger partial charge in [-0.2, -0.15) is 0 Å². The number of hydrogen-bond donors (Lipinski definition) is 0. The van der Waals surface area contributed by atoms with Gasteiger partial charge < -0.3 is 4.74 Å². The quantitative estimate of drug-likeness (QED) is 0.356. The summed E-state index contributed by atoms with van der Waals surface area (Å²) >= 11 is 0. The van der Waals surface area contributed by atoms with Crippen molar-refractivity contribution in [2.45, 2.75) is 13.0 Å². The van der Waals surface area contributed by atoms with Gasteiger partial charge in [-0.05, 0) is 67.1 Å². The predicted molar refractivity (Wildman–Crippen MR) is 125 cm³/mol. The van der Waals surface area contributed by atoms with Crippen molar-refractivity contribution in [1.82, 2.24) is 14.5 Å². The maximum absolute atomic E-state index is 13.8. The van der Waals surface area contributed by atoms with Gasteiger partial charge in [-0.15, -0.1) is 0 Å².